The largest absolute Gasteiger partial charge is 0.465 e. The number of methoxy groups -OCH3 is 1. The molecule has 0 fully saturated rings. The zero-order valence-corrected chi connectivity index (χ0v) is 15.9. The van der Waals surface area contributed by atoms with Crippen LogP contribution in [0, 0.1) is 5.82 Å². The minimum Gasteiger partial charge on any atom is -0.465 e. The first-order chi connectivity index (χ1) is 14.0. The number of carbonyl (C=O) groups is 2. The molecule has 1 amide bonds. The van der Waals surface area contributed by atoms with E-state index in [-0.39, 0.29) is 11.7 Å². The van der Waals surface area contributed by atoms with Gasteiger partial charge in [0.25, 0.3) is 0 Å². The number of ether oxygens (including phenoxy) is 2. The van der Waals surface area contributed by atoms with Crippen molar-refractivity contribution in [1.82, 2.24) is 0 Å². The SMILES string of the molecule is COC(=O)c1ccc(NC(=O)CCc2cccc(Oc3ccc(F)cc3)c2)cc1. The van der Waals surface area contributed by atoms with Gasteiger partial charge in [-0.25, -0.2) is 9.18 Å². The Kier molecular flexibility index (Phi) is 6.58. The number of esters is 1. The highest BCUT2D eigenvalue weighted by Gasteiger charge is 2.07. The van der Waals surface area contributed by atoms with Crippen molar-refractivity contribution in [3.63, 3.8) is 0 Å². The van der Waals surface area contributed by atoms with Gasteiger partial charge in [0.2, 0.25) is 5.91 Å². The van der Waals surface area contributed by atoms with E-state index in [0.717, 1.165) is 5.56 Å². The number of aryl methyl sites for hydroxylation is 1. The van der Waals surface area contributed by atoms with Crippen molar-refractivity contribution in [2.24, 2.45) is 0 Å². The standard InChI is InChI=1S/C23H20FNO4/c1-28-23(27)17-6-10-19(11-7-17)25-22(26)14-5-16-3-2-4-21(15-16)29-20-12-8-18(24)9-13-20/h2-4,6-13,15H,5,14H2,1H3,(H,25,26). The predicted octanol–water partition coefficient (Wildman–Crippen LogP) is 4.98. The summed E-state index contributed by atoms with van der Waals surface area (Å²) >= 11 is 0. The molecule has 0 heterocycles. The first-order valence-electron chi connectivity index (χ1n) is 9.04. The Hall–Kier alpha value is -3.67. The Bertz CT molecular complexity index is 985. The summed E-state index contributed by atoms with van der Waals surface area (Å²) in [4.78, 5) is 23.6. The van der Waals surface area contributed by atoms with Crippen molar-refractivity contribution in [3.05, 3.63) is 89.7 Å². The summed E-state index contributed by atoms with van der Waals surface area (Å²) in [7, 11) is 1.32. The number of anilines is 1. The molecule has 3 rings (SSSR count). The molecule has 29 heavy (non-hydrogen) atoms. The lowest BCUT2D eigenvalue weighted by atomic mass is 10.1. The van der Waals surface area contributed by atoms with Crippen LogP contribution < -0.4 is 10.1 Å². The zero-order valence-electron chi connectivity index (χ0n) is 15.9. The lowest BCUT2D eigenvalue weighted by molar-refractivity contribution is -0.116. The molecule has 0 radical (unpaired) electrons. The first kappa shape index (κ1) is 20.1. The summed E-state index contributed by atoms with van der Waals surface area (Å²) in [6, 6.07) is 19.7. The number of rotatable bonds is 7. The molecule has 3 aromatic rings. The third-order valence-corrected chi connectivity index (χ3v) is 4.18. The molecule has 6 heteroatoms. The van der Waals surface area contributed by atoms with Crippen LogP contribution in [-0.2, 0) is 16.0 Å². The highest BCUT2D eigenvalue weighted by molar-refractivity contribution is 5.93. The van der Waals surface area contributed by atoms with Crippen molar-refractivity contribution in [3.8, 4) is 11.5 Å². The fourth-order valence-corrected chi connectivity index (χ4v) is 2.69. The molecule has 0 aromatic heterocycles. The highest BCUT2D eigenvalue weighted by Crippen LogP contribution is 2.23. The summed E-state index contributed by atoms with van der Waals surface area (Å²) in [5, 5.41) is 2.80. The Morgan fingerprint density at radius 3 is 2.34 bits per heavy atom. The number of halogens is 1. The smallest absolute Gasteiger partial charge is 0.337 e. The van der Waals surface area contributed by atoms with E-state index >= 15 is 0 Å². The maximum absolute atomic E-state index is 13.0. The average molecular weight is 393 g/mol. The molecule has 1 N–H and O–H groups in total. The van der Waals surface area contributed by atoms with Crippen LogP contribution >= 0.6 is 0 Å². The van der Waals surface area contributed by atoms with E-state index in [0.29, 0.717) is 35.6 Å². The number of carbonyl (C=O) groups excluding carboxylic acids is 2. The van der Waals surface area contributed by atoms with Gasteiger partial charge in [-0.15, -0.1) is 0 Å². The van der Waals surface area contributed by atoms with E-state index in [4.69, 9.17) is 4.74 Å². The lowest BCUT2D eigenvalue weighted by Gasteiger charge is -2.09. The van der Waals surface area contributed by atoms with Crippen LogP contribution in [-0.4, -0.2) is 19.0 Å². The molecule has 3 aromatic carbocycles. The maximum atomic E-state index is 13.0. The first-order valence-corrected chi connectivity index (χ1v) is 9.04. The van der Waals surface area contributed by atoms with Crippen LogP contribution in [0.25, 0.3) is 0 Å². The van der Waals surface area contributed by atoms with Gasteiger partial charge in [0, 0.05) is 12.1 Å². The zero-order chi connectivity index (χ0) is 20.6. The molecular weight excluding hydrogens is 373 g/mol. The minimum absolute atomic E-state index is 0.138. The maximum Gasteiger partial charge on any atom is 0.337 e. The lowest BCUT2D eigenvalue weighted by Crippen LogP contribution is -2.12. The Balaban J connectivity index is 1.53. The van der Waals surface area contributed by atoms with Gasteiger partial charge in [-0.3, -0.25) is 4.79 Å². The van der Waals surface area contributed by atoms with Gasteiger partial charge in [-0.2, -0.15) is 0 Å². The second kappa shape index (κ2) is 9.50. The van der Waals surface area contributed by atoms with Gasteiger partial charge in [0.15, 0.2) is 0 Å². The molecular formula is C23H20FNO4. The van der Waals surface area contributed by atoms with Crippen LogP contribution in [0.1, 0.15) is 22.3 Å². The number of hydrogen-bond acceptors (Lipinski definition) is 4. The van der Waals surface area contributed by atoms with Crippen LogP contribution in [0.4, 0.5) is 10.1 Å². The van der Waals surface area contributed by atoms with Crippen molar-refractivity contribution < 1.29 is 23.5 Å². The molecule has 148 valence electrons. The average Bonchev–Trinajstić information content (AvgIpc) is 2.74. The van der Waals surface area contributed by atoms with E-state index in [1.165, 1.54) is 19.2 Å². The van der Waals surface area contributed by atoms with Crippen LogP contribution in [0.3, 0.4) is 0 Å². The van der Waals surface area contributed by atoms with Gasteiger partial charge in [-0.05, 0) is 72.6 Å². The monoisotopic (exact) mass is 393 g/mol. The summed E-state index contributed by atoms with van der Waals surface area (Å²) < 4.78 is 23.3. The molecule has 5 nitrogen and oxygen atoms in total. The molecule has 0 aliphatic rings. The van der Waals surface area contributed by atoms with E-state index in [2.05, 4.69) is 10.1 Å². The second-order valence-electron chi connectivity index (χ2n) is 6.32. The third kappa shape index (κ3) is 5.90. The van der Waals surface area contributed by atoms with Crippen LogP contribution in [0.2, 0.25) is 0 Å². The van der Waals surface area contributed by atoms with Crippen molar-refractivity contribution in [1.29, 1.82) is 0 Å². The summed E-state index contributed by atoms with van der Waals surface area (Å²) in [6.45, 7) is 0. The molecule has 0 bridgehead atoms. The normalized spacial score (nSPS) is 10.3. The molecule has 0 saturated heterocycles. The number of amides is 1. The molecule has 0 aliphatic heterocycles. The van der Waals surface area contributed by atoms with Gasteiger partial charge >= 0.3 is 5.97 Å². The van der Waals surface area contributed by atoms with Crippen LogP contribution in [0.5, 0.6) is 11.5 Å². The topological polar surface area (TPSA) is 64.6 Å². The van der Waals surface area contributed by atoms with Crippen molar-refractivity contribution >= 4 is 17.6 Å². The highest BCUT2D eigenvalue weighted by atomic mass is 19.1. The fraction of sp³-hybridized carbons (Fsp3) is 0.130. The number of hydrogen-bond donors (Lipinski definition) is 1. The Morgan fingerprint density at radius 1 is 0.931 bits per heavy atom. The van der Waals surface area contributed by atoms with Gasteiger partial charge in [0.05, 0.1) is 12.7 Å². The Labute approximate surface area is 168 Å². The summed E-state index contributed by atoms with van der Waals surface area (Å²) in [5.74, 6) is 0.271. The van der Waals surface area contributed by atoms with Crippen molar-refractivity contribution in [2.45, 2.75) is 12.8 Å². The van der Waals surface area contributed by atoms with Gasteiger partial charge < -0.3 is 14.8 Å². The molecule has 0 aliphatic carbocycles. The van der Waals surface area contributed by atoms with Crippen molar-refractivity contribution in [2.75, 3.05) is 12.4 Å². The van der Waals surface area contributed by atoms with Crippen LogP contribution in [0.15, 0.2) is 72.8 Å². The van der Waals surface area contributed by atoms with E-state index in [9.17, 15) is 14.0 Å². The second-order valence-corrected chi connectivity index (χ2v) is 6.32. The number of benzene rings is 3. The molecule has 0 spiro atoms. The van der Waals surface area contributed by atoms with Gasteiger partial charge in [0.1, 0.15) is 17.3 Å². The molecule has 0 saturated carbocycles. The van der Waals surface area contributed by atoms with E-state index in [1.54, 1.807) is 42.5 Å². The third-order valence-electron chi connectivity index (χ3n) is 4.18. The summed E-state index contributed by atoms with van der Waals surface area (Å²) in [5.41, 5.74) is 1.97. The van der Waals surface area contributed by atoms with E-state index in [1.807, 2.05) is 18.2 Å². The summed E-state index contributed by atoms with van der Waals surface area (Å²) in [6.07, 6.45) is 0.825. The quantitative estimate of drug-likeness (QED) is 0.575. The molecule has 0 unspecified atom stereocenters. The van der Waals surface area contributed by atoms with E-state index < -0.39 is 5.97 Å². The minimum atomic E-state index is -0.425. The van der Waals surface area contributed by atoms with Gasteiger partial charge in [-0.1, -0.05) is 12.1 Å². The predicted molar refractivity (Wildman–Crippen MR) is 108 cm³/mol. The Morgan fingerprint density at radius 2 is 1.66 bits per heavy atom. The fourth-order valence-electron chi connectivity index (χ4n) is 2.69. The molecule has 0 atom stereocenters. The number of nitrogens with one attached hydrogen (secondary N) is 1.